The molecule has 4 nitrogen and oxygen atoms in total. The normalized spacial score (nSPS) is 11.8. The van der Waals surface area contributed by atoms with Gasteiger partial charge in [-0.2, -0.15) is 0 Å². The molecule has 0 aliphatic heterocycles. The lowest BCUT2D eigenvalue weighted by molar-refractivity contribution is 0.259. The Kier molecular flexibility index (Phi) is 5.20. The van der Waals surface area contributed by atoms with Gasteiger partial charge in [-0.15, -0.1) is 0 Å². The van der Waals surface area contributed by atoms with Gasteiger partial charge in [0.15, 0.2) is 0 Å². The summed E-state index contributed by atoms with van der Waals surface area (Å²) in [6.07, 6.45) is 0. The maximum atomic E-state index is 6.04. The van der Waals surface area contributed by atoms with Gasteiger partial charge < -0.3 is 20.1 Å². The highest BCUT2D eigenvalue weighted by Crippen LogP contribution is 2.29. The number of nitrogens with two attached hydrogens (primary N) is 1. The summed E-state index contributed by atoms with van der Waals surface area (Å²) in [6.45, 7) is 7.65. The smallest absolute Gasteiger partial charge is 0.123 e. The molecule has 0 radical (unpaired) electrons. The molecule has 0 amide bonds. The molecule has 2 N–H and O–H groups in total. The number of hydrogen-bond donors (Lipinski definition) is 1. The van der Waals surface area contributed by atoms with E-state index in [-0.39, 0.29) is 5.54 Å². The number of benzene rings is 1. The van der Waals surface area contributed by atoms with E-state index < -0.39 is 0 Å². The molecule has 0 aromatic heterocycles. The molecule has 1 aromatic carbocycles. The molecule has 108 valence electrons. The summed E-state index contributed by atoms with van der Waals surface area (Å²) >= 11 is 0. The first kappa shape index (κ1) is 15.8. The second-order valence-corrected chi connectivity index (χ2v) is 5.79. The van der Waals surface area contributed by atoms with Crippen molar-refractivity contribution in [3.63, 3.8) is 0 Å². The predicted molar refractivity (Wildman–Crippen MR) is 78.9 cm³/mol. The van der Waals surface area contributed by atoms with E-state index >= 15 is 0 Å². The zero-order valence-corrected chi connectivity index (χ0v) is 12.9. The summed E-state index contributed by atoms with van der Waals surface area (Å²) in [6, 6.07) is 4.05. The van der Waals surface area contributed by atoms with E-state index in [1.807, 2.05) is 32.9 Å². The fraction of sp³-hybridized carbons (Fsp3) is 0.600. The molecular formula is C15H26N2O2. The standard InChI is InChI=1S/C15H26N2O2/c1-11-7-14(19-6)12(8-13(11)18-5)9-17(4)10-15(2,3)16/h7-8H,9-10,16H2,1-6H3. The second kappa shape index (κ2) is 6.26. The number of nitrogens with zero attached hydrogens (tertiary/aromatic N) is 1. The Morgan fingerprint density at radius 3 is 2.21 bits per heavy atom. The van der Waals surface area contributed by atoms with Gasteiger partial charge in [-0.3, -0.25) is 0 Å². The lowest BCUT2D eigenvalue weighted by Crippen LogP contribution is -2.43. The lowest BCUT2D eigenvalue weighted by atomic mass is 10.1. The lowest BCUT2D eigenvalue weighted by Gasteiger charge is -2.27. The van der Waals surface area contributed by atoms with Crippen molar-refractivity contribution in [3.8, 4) is 11.5 Å². The van der Waals surface area contributed by atoms with Crippen LogP contribution in [0, 0.1) is 6.92 Å². The molecule has 0 fully saturated rings. The molecule has 0 unspecified atom stereocenters. The largest absolute Gasteiger partial charge is 0.496 e. The number of aryl methyl sites for hydroxylation is 1. The van der Waals surface area contributed by atoms with Gasteiger partial charge >= 0.3 is 0 Å². The zero-order valence-electron chi connectivity index (χ0n) is 12.9. The molecule has 0 spiro atoms. The van der Waals surface area contributed by atoms with Crippen LogP contribution in [0.2, 0.25) is 0 Å². The Morgan fingerprint density at radius 1 is 1.16 bits per heavy atom. The van der Waals surface area contributed by atoms with E-state index in [2.05, 4.69) is 11.9 Å². The first-order chi connectivity index (χ1) is 8.76. The number of methoxy groups -OCH3 is 2. The number of likely N-dealkylation sites (N-methyl/N-ethyl adjacent to an activating group) is 1. The first-order valence-corrected chi connectivity index (χ1v) is 6.45. The van der Waals surface area contributed by atoms with Crippen LogP contribution >= 0.6 is 0 Å². The average Bonchev–Trinajstić information content (AvgIpc) is 2.28. The Balaban J connectivity index is 2.93. The number of hydrogen-bond acceptors (Lipinski definition) is 4. The predicted octanol–water partition coefficient (Wildman–Crippen LogP) is 2.18. The minimum Gasteiger partial charge on any atom is -0.496 e. The van der Waals surface area contributed by atoms with E-state index in [1.165, 1.54) is 0 Å². The summed E-state index contributed by atoms with van der Waals surface area (Å²) in [5, 5.41) is 0. The highest BCUT2D eigenvalue weighted by atomic mass is 16.5. The monoisotopic (exact) mass is 266 g/mol. The van der Waals surface area contributed by atoms with Gasteiger partial charge in [-0.05, 0) is 45.5 Å². The molecule has 0 atom stereocenters. The molecule has 19 heavy (non-hydrogen) atoms. The van der Waals surface area contributed by atoms with Crippen molar-refractivity contribution in [3.05, 3.63) is 23.3 Å². The Bertz CT molecular complexity index is 425. The summed E-state index contributed by atoms with van der Waals surface area (Å²) in [7, 11) is 5.43. The molecule has 0 heterocycles. The van der Waals surface area contributed by atoms with Crippen molar-refractivity contribution >= 4 is 0 Å². The maximum absolute atomic E-state index is 6.04. The number of rotatable bonds is 6. The van der Waals surface area contributed by atoms with Crippen LogP contribution in [0.15, 0.2) is 12.1 Å². The maximum Gasteiger partial charge on any atom is 0.123 e. The molecular weight excluding hydrogens is 240 g/mol. The highest BCUT2D eigenvalue weighted by molar-refractivity contribution is 5.45. The minimum absolute atomic E-state index is 0.212. The molecule has 4 heteroatoms. The van der Waals surface area contributed by atoms with Crippen molar-refractivity contribution in [2.45, 2.75) is 32.9 Å². The van der Waals surface area contributed by atoms with Crippen molar-refractivity contribution in [1.29, 1.82) is 0 Å². The third kappa shape index (κ3) is 4.73. The summed E-state index contributed by atoms with van der Waals surface area (Å²) in [5.74, 6) is 1.77. The molecule has 1 aromatic rings. The summed E-state index contributed by atoms with van der Waals surface area (Å²) < 4.78 is 10.8. The van der Waals surface area contributed by atoms with Gasteiger partial charge in [-0.1, -0.05) is 0 Å². The van der Waals surface area contributed by atoms with E-state index in [1.54, 1.807) is 14.2 Å². The van der Waals surface area contributed by atoms with Gasteiger partial charge in [0, 0.05) is 24.2 Å². The zero-order chi connectivity index (χ0) is 14.6. The van der Waals surface area contributed by atoms with Crippen molar-refractivity contribution < 1.29 is 9.47 Å². The van der Waals surface area contributed by atoms with Crippen molar-refractivity contribution in [2.75, 3.05) is 27.8 Å². The van der Waals surface area contributed by atoms with Crippen LogP contribution in [0.1, 0.15) is 25.0 Å². The topological polar surface area (TPSA) is 47.7 Å². The highest BCUT2D eigenvalue weighted by Gasteiger charge is 2.16. The number of ether oxygens (including phenoxy) is 2. The van der Waals surface area contributed by atoms with Gasteiger partial charge in [0.1, 0.15) is 11.5 Å². The minimum atomic E-state index is -0.212. The SMILES string of the molecule is COc1cc(CN(C)CC(C)(C)N)c(OC)cc1C. The molecule has 0 aliphatic rings. The van der Waals surface area contributed by atoms with Crippen LogP contribution in [-0.4, -0.2) is 38.3 Å². The van der Waals surface area contributed by atoms with Crippen LogP contribution in [-0.2, 0) is 6.54 Å². The van der Waals surface area contributed by atoms with E-state index in [0.29, 0.717) is 0 Å². The Morgan fingerprint density at radius 2 is 1.74 bits per heavy atom. The summed E-state index contributed by atoms with van der Waals surface area (Å²) in [5.41, 5.74) is 8.01. The first-order valence-electron chi connectivity index (χ1n) is 6.45. The van der Waals surface area contributed by atoms with Crippen LogP contribution < -0.4 is 15.2 Å². The van der Waals surface area contributed by atoms with E-state index in [9.17, 15) is 0 Å². The average molecular weight is 266 g/mol. The molecule has 0 aliphatic carbocycles. The van der Waals surface area contributed by atoms with Crippen LogP contribution in [0.25, 0.3) is 0 Å². The van der Waals surface area contributed by atoms with Crippen LogP contribution in [0.4, 0.5) is 0 Å². The van der Waals surface area contributed by atoms with Gasteiger partial charge in [0.25, 0.3) is 0 Å². The van der Waals surface area contributed by atoms with E-state index in [0.717, 1.165) is 35.7 Å². The third-order valence-corrected chi connectivity index (χ3v) is 2.92. The molecule has 1 rings (SSSR count). The third-order valence-electron chi connectivity index (χ3n) is 2.92. The van der Waals surface area contributed by atoms with Crippen molar-refractivity contribution in [1.82, 2.24) is 4.90 Å². The Hall–Kier alpha value is -1.26. The quantitative estimate of drug-likeness (QED) is 0.857. The molecule has 0 saturated carbocycles. The molecule has 0 saturated heterocycles. The second-order valence-electron chi connectivity index (χ2n) is 5.79. The fourth-order valence-electron chi connectivity index (χ4n) is 2.28. The van der Waals surface area contributed by atoms with E-state index in [4.69, 9.17) is 15.2 Å². The Labute approximate surface area is 116 Å². The van der Waals surface area contributed by atoms with Gasteiger partial charge in [-0.25, -0.2) is 0 Å². The van der Waals surface area contributed by atoms with Gasteiger partial charge in [0.05, 0.1) is 14.2 Å². The van der Waals surface area contributed by atoms with Gasteiger partial charge in [0.2, 0.25) is 0 Å². The fourth-order valence-corrected chi connectivity index (χ4v) is 2.28. The van der Waals surface area contributed by atoms with Crippen molar-refractivity contribution in [2.24, 2.45) is 5.73 Å². The summed E-state index contributed by atoms with van der Waals surface area (Å²) in [4.78, 5) is 2.19. The van der Waals surface area contributed by atoms with Crippen LogP contribution in [0.3, 0.4) is 0 Å². The van der Waals surface area contributed by atoms with Crippen LogP contribution in [0.5, 0.6) is 11.5 Å². The molecule has 0 bridgehead atoms.